The maximum absolute atomic E-state index is 12.0. The lowest BCUT2D eigenvalue weighted by Crippen LogP contribution is -2.15. The zero-order valence-corrected chi connectivity index (χ0v) is 13.3. The molecule has 1 aliphatic carbocycles. The molecule has 0 bridgehead atoms. The lowest BCUT2D eigenvalue weighted by molar-refractivity contribution is 0.730. The summed E-state index contributed by atoms with van der Waals surface area (Å²) in [6, 6.07) is 0. The number of rotatable bonds is 5. The van der Waals surface area contributed by atoms with E-state index in [0.29, 0.717) is 0 Å². The molecule has 0 radical (unpaired) electrons. The number of aromatic amines is 1. The first-order chi connectivity index (χ1) is 10.2. The average Bonchev–Trinajstić information content (AvgIpc) is 3.10. The molecule has 0 aromatic carbocycles. The van der Waals surface area contributed by atoms with Crippen LogP contribution in [0.1, 0.15) is 42.9 Å². The molecule has 21 heavy (non-hydrogen) atoms. The third-order valence-corrected chi connectivity index (χ3v) is 4.86. The number of aromatic nitrogens is 4. The number of hydrogen-bond acceptors (Lipinski definition) is 4. The largest absolute Gasteiger partial charge is 0.334 e. The third-order valence-electron chi connectivity index (χ3n) is 3.97. The maximum Gasteiger partial charge on any atom is 0.254 e. The topological polar surface area (TPSA) is 63.6 Å². The first-order valence-electron chi connectivity index (χ1n) is 7.50. The molecule has 2 heterocycles. The molecule has 5 nitrogen and oxygen atoms in total. The molecule has 0 aliphatic heterocycles. The molecule has 0 atom stereocenters. The summed E-state index contributed by atoms with van der Waals surface area (Å²) in [5, 5.41) is 0.728. The van der Waals surface area contributed by atoms with Crippen LogP contribution >= 0.6 is 11.8 Å². The monoisotopic (exact) mass is 304 g/mol. The van der Waals surface area contributed by atoms with Crippen LogP contribution in [0, 0.1) is 0 Å². The highest BCUT2D eigenvalue weighted by atomic mass is 32.2. The fraction of sp³-hybridized carbons (Fsp3) is 0.533. The quantitative estimate of drug-likeness (QED) is 0.680. The Kier molecular flexibility index (Phi) is 4.14. The fourth-order valence-electron chi connectivity index (χ4n) is 2.81. The van der Waals surface area contributed by atoms with Gasteiger partial charge in [0.2, 0.25) is 0 Å². The summed E-state index contributed by atoms with van der Waals surface area (Å²) >= 11 is 1.59. The van der Waals surface area contributed by atoms with Crippen LogP contribution in [0.5, 0.6) is 0 Å². The van der Waals surface area contributed by atoms with Crippen LogP contribution in [0.15, 0.2) is 16.3 Å². The minimum Gasteiger partial charge on any atom is -0.334 e. The highest BCUT2D eigenvalue weighted by molar-refractivity contribution is 7.98. The van der Waals surface area contributed by atoms with Crippen molar-refractivity contribution < 1.29 is 0 Å². The Balaban J connectivity index is 1.81. The zero-order chi connectivity index (χ0) is 14.8. The Bertz CT molecular complexity index is 683. The Morgan fingerprint density at radius 3 is 3.00 bits per heavy atom. The normalized spacial score (nSPS) is 13.6. The average molecular weight is 304 g/mol. The maximum atomic E-state index is 12.0. The van der Waals surface area contributed by atoms with Crippen molar-refractivity contribution in [1.82, 2.24) is 19.5 Å². The van der Waals surface area contributed by atoms with Gasteiger partial charge in [-0.25, -0.2) is 9.97 Å². The Morgan fingerprint density at radius 2 is 2.24 bits per heavy atom. The van der Waals surface area contributed by atoms with Crippen molar-refractivity contribution in [1.29, 1.82) is 0 Å². The predicted octanol–water partition coefficient (Wildman–Crippen LogP) is 2.33. The van der Waals surface area contributed by atoms with Crippen molar-refractivity contribution in [2.75, 3.05) is 0 Å². The highest BCUT2D eigenvalue weighted by Crippen LogP contribution is 2.23. The Labute approximate surface area is 128 Å². The molecule has 1 aliphatic rings. The number of hydrogen-bond donors (Lipinski definition) is 1. The molecule has 6 heteroatoms. The minimum atomic E-state index is 0.0414. The van der Waals surface area contributed by atoms with Crippen LogP contribution in [0.4, 0.5) is 0 Å². The second-order valence-corrected chi connectivity index (χ2v) is 6.18. The van der Waals surface area contributed by atoms with Gasteiger partial charge in [0.15, 0.2) is 5.16 Å². The van der Waals surface area contributed by atoms with Gasteiger partial charge in [-0.05, 0) is 32.6 Å². The first kappa shape index (κ1) is 14.4. The predicted molar refractivity (Wildman–Crippen MR) is 83.7 cm³/mol. The van der Waals surface area contributed by atoms with Crippen molar-refractivity contribution in [2.24, 2.45) is 0 Å². The lowest BCUT2D eigenvalue weighted by Gasteiger charge is -2.08. The van der Waals surface area contributed by atoms with Gasteiger partial charge >= 0.3 is 0 Å². The second-order valence-electron chi connectivity index (χ2n) is 5.22. The van der Waals surface area contributed by atoms with Gasteiger partial charge in [-0.3, -0.25) is 4.79 Å². The molecule has 0 saturated carbocycles. The molecule has 112 valence electrons. The Morgan fingerprint density at radius 1 is 1.38 bits per heavy atom. The molecule has 1 N–H and O–H groups in total. The number of nitrogens with one attached hydrogen (secondary N) is 1. The van der Waals surface area contributed by atoms with Crippen LogP contribution < -0.4 is 5.56 Å². The summed E-state index contributed by atoms with van der Waals surface area (Å²) in [5.41, 5.74) is 4.27. The van der Waals surface area contributed by atoms with Gasteiger partial charge in [0.25, 0.3) is 5.56 Å². The van der Waals surface area contributed by atoms with E-state index in [9.17, 15) is 4.79 Å². The van der Waals surface area contributed by atoms with Gasteiger partial charge in [-0.1, -0.05) is 18.7 Å². The number of thioether (sulfide) groups is 1. The van der Waals surface area contributed by atoms with Gasteiger partial charge in [0, 0.05) is 17.9 Å². The number of aryl methyl sites for hydroxylation is 3. The van der Waals surface area contributed by atoms with E-state index >= 15 is 0 Å². The molecule has 0 fully saturated rings. The van der Waals surface area contributed by atoms with Crippen molar-refractivity contribution >= 4 is 11.8 Å². The summed E-state index contributed by atoms with van der Waals surface area (Å²) in [7, 11) is 0. The van der Waals surface area contributed by atoms with Gasteiger partial charge in [0.05, 0.1) is 23.4 Å². The highest BCUT2D eigenvalue weighted by Gasteiger charge is 2.17. The van der Waals surface area contributed by atoms with E-state index in [1.54, 1.807) is 11.8 Å². The number of nitrogens with zero attached hydrogens (tertiary/aromatic N) is 3. The van der Waals surface area contributed by atoms with Gasteiger partial charge in [-0.2, -0.15) is 0 Å². The summed E-state index contributed by atoms with van der Waals surface area (Å²) in [4.78, 5) is 24.0. The zero-order valence-electron chi connectivity index (χ0n) is 12.5. The SMILES string of the molecule is CCc1ncn(CC)c1CSc1nc2c(c(=O)[nH]1)CCC2. The van der Waals surface area contributed by atoms with E-state index in [4.69, 9.17) is 0 Å². The molecule has 0 saturated heterocycles. The standard InChI is InChI=1S/C15H20N4OS/c1-3-11-13(19(4-2)9-16-11)8-21-15-17-12-7-5-6-10(12)14(20)18-15/h9H,3-8H2,1-2H3,(H,17,18,20). The lowest BCUT2D eigenvalue weighted by atomic mass is 10.3. The summed E-state index contributed by atoms with van der Waals surface area (Å²) < 4.78 is 2.16. The van der Waals surface area contributed by atoms with Gasteiger partial charge in [0.1, 0.15) is 0 Å². The molecule has 0 unspecified atom stereocenters. The number of fused-ring (bicyclic) bond motifs is 1. The first-order valence-corrected chi connectivity index (χ1v) is 8.49. The fourth-order valence-corrected chi connectivity index (χ4v) is 3.75. The molecule has 3 rings (SSSR count). The summed E-state index contributed by atoms with van der Waals surface area (Å²) in [6.07, 6.45) is 5.66. The number of imidazole rings is 1. The van der Waals surface area contributed by atoms with E-state index in [-0.39, 0.29) is 5.56 Å². The van der Waals surface area contributed by atoms with Gasteiger partial charge < -0.3 is 9.55 Å². The molecule has 0 amide bonds. The van der Waals surface area contributed by atoms with Crippen LogP contribution in [-0.4, -0.2) is 19.5 Å². The summed E-state index contributed by atoms with van der Waals surface area (Å²) in [6.45, 7) is 5.15. The minimum absolute atomic E-state index is 0.0414. The van der Waals surface area contributed by atoms with E-state index in [2.05, 4.69) is 33.4 Å². The van der Waals surface area contributed by atoms with E-state index in [1.165, 1.54) is 5.69 Å². The van der Waals surface area contributed by atoms with Crippen LogP contribution in [0.2, 0.25) is 0 Å². The summed E-state index contributed by atoms with van der Waals surface area (Å²) in [5.74, 6) is 0.790. The smallest absolute Gasteiger partial charge is 0.254 e. The van der Waals surface area contributed by atoms with Crippen molar-refractivity contribution in [3.63, 3.8) is 0 Å². The van der Waals surface area contributed by atoms with Crippen molar-refractivity contribution in [3.05, 3.63) is 39.3 Å². The third kappa shape index (κ3) is 2.77. The van der Waals surface area contributed by atoms with Crippen molar-refractivity contribution in [3.8, 4) is 0 Å². The Hall–Kier alpha value is -1.56. The number of H-pyrrole nitrogens is 1. The molecule has 2 aromatic rings. The van der Waals surface area contributed by atoms with Crippen molar-refractivity contribution in [2.45, 2.75) is 57.0 Å². The molecular weight excluding hydrogens is 284 g/mol. The van der Waals surface area contributed by atoms with Crippen LogP contribution in [0.3, 0.4) is 0 Å². The van der Waals surface area contributed by atoms with Crippen LogP contribution in [-0.2, 0) is 31.6 Å². The van der Waals surface area contributed by atoms with E-state index < -0.39 is 0 Å². The second kappa shape index (κ2) is 6.05. The molecule has 0 spiro atoms. The molecule has 2 aromatic heterocycles. The van der Waals surface area contributed by atoms with Crippen LogP contribution in [0.25, 0.3) is 0 Å². The van der Waals surface area contributed by atoms with E-state index in [1.807, 2.05) is 6.33 Å². The van der Waals surface area contributed by atoms with Gasteiger partial charge in [-0.15, -0.1) is 0 Å². The molecular formula is C15H20N4OS. The van der Waals surface area contributed by atoms with E-state index in [0.717, 1.165) is 60.1 Å².